The van der Waals surface area contributed by atoms with E-state index in [1.54, 1.807) is 49.5 Å². The average molecular weight is 487 g/mol. The second-order valence-corrected chi connectivity index (χ2v) is 10.3. The zero-order valence-electron chi connectivity index (χ0n) is 19.2. The molecule has 0 radical (unpaired) electrons. The maximum Gasteiger partial charge on any atom is 0.306 e. The number of hydrogen-bond acceptors (Lipinski definition) is 6. The molecule has 9 heteroatoms. The number of rotatable bonds is 10. The van der Waals surface area contributed by atoms with Gasteiger partial charge in [-0.1, -0.05) is 61.7 Å². The van der Waals surface area contributed by atoms with E-state index in [1.165, 1.54) is 16.4 Å². The molecule has 0 unspecified atom stereocenters. The first-order chi connectivity index (χ1) is 16.3. The lowest BCUT2D eigenvalue weighted by Crippen LogP contribution is -2.38. The Morgan fingerprint density at radius 3 is 2.29 bits per heavy atom. The highest BCUT2D eigenvalue weighted by atomic mass is 32.2. The van der Waals surface area contributed by atoms with Gasteiger partial charge in [0.25, 0.3) is 5.91 Å². The molecule has 1 amide bonds. The smallest absolute Gasteiger partial charge is 0.306 e. The minimum Gasteiger partial charge on any atom is -0.456 e. The van der Waals surface area contributed by atoms with Crippen molar-refractivity contribution in [3.05, 3.63) is 60.2 Å². The van der Waals surface area contributed by atoms with E-state index in [1.807, 2.05) is 0 Å². The number of esters is 1. The lowest BCUT2D eigenvalue weighted by molar-refractivity contribution is -0.147. The SMILES string of the molecule is CN(C1CCCCC1)S(=O)(=O)c1ccccc1NC(=O)COC(=O)CCC(=O)c1ccccc1. The van der Waals surface area contributed by atoms with Crippen LogP contribution in [0.5, 0.6) is 0 Å². The highest BCUT2D eigenvalue weighted by molar-refractivity contribution is 7.89. The van der Waals surface area contributed by atoms with Crippen LogP contribution in [-0.2, 0) is 24.3 Å². The van der Waals surface area contributed by atoms with Crippen LogP contribution in [0, 0.1) is 0 Å². The van der Waals surface area contributed by atoms with Gasteiger partial charge in [0.1, 0.15) is 4.90 Å². The Balaban J connectivity index is 1.55. The molecule has 0 spiro atoms. The highest BCUT2D eigenvalue weighted by Crippen LogP contribution is 2.29. The summed E-state index contributed by atoms with van der Waals surface area (Å²) in [6.07, 6.45) is 4.53. The number of ether oxygens (including phenoxy) is 1. The maximum atomic E-state index is 13.2. The van der Waals surface area contributed by atoms with Crippen molar-refractivity contribution in [2.24, 2.45) is 0 Å². The molecule has 0 aliphatic heterocycles. The summed E-state index contributed by atoms with van der Waals surface area (Å²) in [5, 5.41) is 2.53. The number of ketones is 1. The van der Waals surface area contributed by atoms with Gasteiger partial charge in [-0.05, 0) is 25.0 Å². The largest absolute Gasteiger partial charge is 0.456 e. The third-order valence-electron chi connectivity index (χ3n) is 5.92. The highest BCUT2D eigenvalue weighted by Gasteiger charge is 2.31. The third-order valence-corrected chi connectivity index (χ3v) is 7.89. The summed E-state index contributed by atoms with van der Waals surface area (Å²) < 4.78 is 32.8. The number of benzene rings is 2. The molecule has 1 N–H and O–H groups in total. The second kappa shape index (κ2) is 11.9. The summed E-state index contributed by atoms with van der Waals surface area (Å²) in [6.45, 7) is -0.578. The van der Waals surface area contributed by atoms with Crippen LogP contribution in [0.15, 0.2) is 59.5 Å². The van der Waals surface area contributed by atoms with Crippen molar-refractivity contribution in [3.63, 3.8) is 0 Å². The summed E-state index contributed by atoms with van der Waals surface area (Å²) in [4.78, 5) is 36.4. The number of nitrogens with one attached hydrogen (secondary N) is 1. The fraction of sp³-hybridized carbons (Fsp3) is 0.400. The van der Waals surface area contributed by atoms with Crippen LogP contribution in [0.25, 0.3) is 0 Å². The number of carbonyl (C=O) groups excluding carboxylic acids is 3. The van der Waals surface area contributed by atoms with Crippen LogP contribution in [0.3, 0.4) is 0 Å². The van der Waals surface area contributed by atoms with Crippen molar-refractivity contribution in [3.8, 4) is 0 Å². The number of Topliss-reactive ketones (excluding diaryl/α,β-unsaturated/α-hetero) is 1. The van der Waals surface area contributed by atoms with Crippen LogP contribution in [0.2, 0.25) is 0 Å². The topological polar surface area (TPSA) is 110 Å². The molecule has 182 valence electrons. The van der Waals surface area contributed by atoms with Crippen LogP contribution >= 0.6 is 0 Å². The standard InChI is InChI=1S/C25H30N2O6S/c1-27(20-12-6-3-7-13-20)34(31,32)23-15-9-8-14-21(23)26-24(29)18-33-25(30)17-16-22(28)19-10-4-2-5-11-19/h2,4-5,8-11,14-15,20H,3,6-7,12-13,16-18H2,1H3,(H,26,29). The van der Waals surface area contributed by atoms with Gasteiger partial charge < -0.3 is 10.1 Å². The van der Waals surface area contributed by atoms with E-state index in [4.69, 9.17) is 4.74 Å². The molecule has 1 saturated carbocycles. The molecule has 0 aromatic heterocycles. The molecule has 0 bridgehead atoms. The molecule has 8 nitrogen and oxygen atoms in total. The van der Waals surface area contributed by atoms with Crippen LogP contribution < -0.4 is 5.32 Å². The number of amides is 1. The molecule has 2 aromatic rings. The first-order valence-electron chi connectivity index (χ1n) is 11.4. The zero-order chi connectivity index (χ0) is 24.6. The molecule has 0 atom stereocenters. The average Bonchev–Trinajstić information content (AvgIpc) is 2.86. The van der Waals surface area contributed by atoms with Gasteiger partial charge in [-0.2, -0.15) is 4.31 Å². The fourth-order valence-corrected chi connectivity index (χ4v) is 5.54. The summed E-state index contributed by atoms with van der Waals surface area (Å²) in [5.41, 5.74) is 0.634. The van der Waals surface area contributed by atoms with Crippen LogP contribution in [0.1, 0.15) is 55.3 Å². The summed E-state index contributed by atoms with van der Waals surface area (Å²) >= 11 is 0. The van der Waals surface area contributed by atoms with Crippen LogP contribution in [-0.4, -0.2) is 50.1 Å². The Hall–Kier alpha value is -3.04. The normalized spacial score (nSPS) is 14.5. The Morgan fingerprint density at radius 1 is 0.941 bits per heavy atom. The van der Waals surface area contributed by atoms with E-state index in [0.29, 0.717) is 5.56 Å². The van der Waals surface area contributed by atoms with Crippen molar-refractivity contribution in [1.29, 1.82) is 0 Å². The van der Waals surface area contributed by atoms with E-state index < -0.39 is 28.5 Å². The Kier molecular flexibility index (Phi) is 8.95. The fourth-order valence-electron chi connectivity index (χ4n) is 3.98. The Labute approximate surface area is 200 Å². The molecule has 34 heavy (non-hydrogen) atoms. The van der Waals surface area contributed by atoms with Gasteiger partial charge in [0.05, 0.1) is 12.1 Å². The van der Waals surface area contributed by atoms with Crippen molar-refractivity contribution in [1.82, 2.24) is 4.31 Å². The van der Waals surface area contributed by atoms with E-state index in [9.17, 15) is 22.8 Å². The molecule has 3 rings (SSSR count). The molecular weight excluding hydrogens is 456 g/mol. The van der Waals surface area contributed by atoms with Crippen molar-refractivity contribution in [2.45, 2.75) is 55.9 Å². The number of para-hydroxylation sites is 1. The summed E-state index contributed by atoms with van der Waals surface area (Å²) in [6, 6.07) is 14.7. The predicted molar refractivity (Wildman–Crippen MR) is 128 cm³/mol. The van der Waals surface area contributed by atoms with Gasteiger partial charge in [-0.25, -0.2) is 8.42 Å². The number of sulfonamides is 1. The van der Waals surface area contributed by atoms with Gasteiger partial charge in [0.2, 0.25) is 10.0 Å². The van der Waals surface area contributed by atoms with E-state index in [-0.39, 0.29) is 35.2 Å². The van der Waals surface area contributed by atoms with Crippen molar-refractivity contribution >= 4 is 33.4 Å². The summed E-state index contributed by atoms with van der Waals surface area (Å²) in [5.74, 6) is -1.54. The quantitative estimate of drug-likeness (QED) is 0.404. The monoisotopic (exact) mass is 486 g/mol. The van der Waals surface area contributed by atoms with E-state index in [0.717, 1.165) is 32.1 Å². The van der Waals surface area contributed by atoms with E-state index in [2.05, 4.69) is 5.32 Å². The Morgan fingerprint density at radius 2 is 1.59 bits per heavy atom. The molecular formula is C25H30N2O6S. The first-order valence-corrected chi connectivity index (χ1v) is 12.8. The third kappa shape index (κ3) is 6.74. The lowest BCUT2D eigenvalue weighted by Gasteiger charge is -2.30. The molecule has 1 aliphatic carbocycles. The number of anilines is 1. The van der Waals surface area contributed by atoms with Crippen LogP contribution in [0.4, 0.5) is 5.69 Å². The van der Waals surface area contributed by atoms with Crippen molar-refractivity contribution < 1.29 is 27.5 Å². The number of hydrogen-bond donors (Lipinski definition) is 1. The van der Waals surface area contributed by atoms with Gasteiger partial charge in [-0.3, -0.25) is 14.4 Å². The van der Waals surface area contributed by atoms with Gasteiger partial charge >= 0.3 is 5.97 Å². The summed E-state index contributed by atoms with van der Waals surface area (Å²) in [7, 11) is -2.25. The first kappa shape index (κ1) is 25.6. The number of nitrogens with zero attached hydrogens (tertiary/aromatic N) is 1. The van der Waals surface area contributed by atoms with Gasteiger partial charge in [0, 0.05) is 25.1 Å². The predicted octanol–water partition coefficient (Wildman–Crippen LogP) is 3.78. The van der Waals surface area contributed by atoms with Crippen molar-refractivity contribution in [2.75, 3.05) is 19.0 Å². The minimum absolute atomic E-state index is 0.00351. The second-order valence-electron chi connectivity index (χ2n) is 8.31. The lowest BCUT2D eigenvalue weighted by atomic mass is 9.96. The van der Waals surface area contributed by atoms with Gasteiger partial charge in [0.15, 0.2) is 12.4 Å². The van der Waals surface area contributed by atoms with Gasteiger partial charge in [-0.15, -0.1) is 0 Å². The Bertz CT molecular complexity index is 1110. The maximum absolute atomic E-state index is 13.2. The molecule has 2 aromatic carbocycles. The number of carbonyl (C=O) groups is 3. The molecule has 0 saturated heterocycles. The van der Waals surface area contributed by atoms with E-state index >= 15 is 0 Å². The zero-order valence-corrected chi connectivity index (χ0v) is 20.1. The minimum atomic E-state index is -3.82. The molecule has 0 heterocycles. The molecule has 1 aliphatic rings. The molecule has 1 fully saturated rings.